The first kappa shape index (κ1) is 15.6. The average Bonchev–Trinajstić information content (AvgIpc) is 3.03. The number of halogens is 1. The summed E-state index contributed by atoms with van der Waals surface area (Å²) in [5, 5.41) is 3.82. The standard InChI is InChI=1S/C19H24FN3O/c20-15-6-7-16-14(10-15)11-17(22-16)19(24)21-12-13-4-3-9-23-8-2-1-5-18(13)23/h6-7,10-11,13,18,22H,1-5,8-9,12H2,(H,21,24). The van der Waals surface area contributed by atoms with Gasteiger partial charge in [-0.25, -0.2) is 4.39 Å². The fourth-order valence-electron chi connectivity index (χ4n) is 4.36. The molecule has 2 aromatic rings. The average molecular weight is 329 g/mol. The molecule has 5 heteroatoms. The second kappa shape index (κ2) is 6.55. The van der Waals surface area contributed by atoms with Crippen LogP contribution in [0.2, 0.25) is 0 Å². The molecular formula is C19H24FN3O. The van der Waals surface area contributed by atoms with Gasteiger partial charge in [-0.1, -0.05) is 6.42 Å². The quantitative estimate of drug-likeness (QED) is 0.908. The predicted molar refractivity (Wildman–Crippen MR) is 92.5 cm³/mol. The molecule has 2 aliphatic rings. The molecule has 2 N–H and O–H groups in total. The molecule has 2 atom stereocenters. The molecule has 4 nitrogen and oxygen atoms in total. The highest BCUT2D eigenvalue weighted by atomic mass is 19.1. The Hall–Kier alpha value is -1.88. The summed E-state index contributed by atoms with van der Waals surface area (Å²) in [4.78, 5) is 18.1. The van der Waals surface area contributed by atoms with Crippen LogP contribution in [0.3, 0.4) is 0 Å². The molecule has 1 amide bonds. The van der Waals surface area contributed by atoms with Crippen LogP contribution < -0.4 is 5.32 Å². The molecule has 2 saturated heterocycles. The van der Waals surface area contributed by atoms with Crippen LogP contribution in [0.5, 0.6) is 0 Å². The summed E-state index contributed by atoms with van der Waals surface area (Å²) in [5.74, 6) is 0.164. The fraction of sp³-hybridized carbons (Fsp3) is 0.526. The van der Waals surface area contributed by atoms with E-state index in [4.69, 9.17) is 0 Å². The highest BCUT2D eigenvalue weighted by molar-refractivity contribution is 5.98. The summed E-state index contributed by atoms with van der Waals surface area (Å²) < 4.78 is 13.3. The van der Waals surface area contributed by atoms with Crippen molar-refractivity contribution in [3.8, 4) is 0 Å². The summed E-state index contributed by atoms with van der Waals surface area (Å²) in [7, 11) is 0. The first-order valence-corrected chi connectivity index (χ1v) is 9.01. The summed E-state index contributed by atoms with van der Waals surface area (Å²) in [6.07, 6.45) is 6.29. The third-order valence-electron chi connectivity index (χ3n) is 5.58. The van der Waals surface area contributed by atoms with E-state index in [-0.39, 0.29) is 11.7 Å². The van der Waals surface area contributed by atoms with Crippen molar-refractivity contribution in [3.63, 3.8) is 0 Å². The molecule has 0 bridgehead atoms. The largest absolute Gasteiger partial charge is 0.351 e. The Morgan fingerprint density at radius 3 is 3.00 bits per heavy atom. The van der Waals surface area contributed by atoms with Crippen LogP contribution in [0.25, 0.3) is 10.9 Å². The highest BCUT2D eigenvalue weighted by Gasteiger charge is 2.33. The Morgan fingerprint density at radius 1 is 1.21 bits per heavy atom. The molecule has 0 aliphatic carbocycles. The SMILES string of the molecule is O=C(NCC1CCCN2CCCCC12)c1cc2cc(F)ccc2[nH]1. The van der Waals surface area contributed by atoms with Gasteiger partial charge in [0, 0.05) is 23.5 Å². The second-order valence-electron chi connectivity index (χ2n) is 7.13. The molecule has 1 aromatic heterocycles. The highest BCUT2D eigenvalue weighted by Crippen LogP contribution is 2.30. The monoisotopic (exact) mass is 329 g/mol. The number of fused-ring (bicyclic) bond motifs is 2. The molecule has 2 unspecified atom stereocenters. The van der Waals surface area contributed by atoms with Gasteiger partial charge in [0.15, 0.2) is 0 Å². The van der Waals surface area contributed by atoms with Crippen LogP contribution in [0, 0.1) is 11.7 Å². The smallest absolute Gasteiger partial charge is 0.267 e. The molecule has 128 valence electrons. The molecule has 2 fully saturated rings. The van der Waals surface area contributed by atoms with Crippen molar-refractivity contribution in [1.29, 1.82) is 0 Å². The van der Waals surface area contributed by atoms with E-state index < -0.39 is 0 Å². The lowest BCUT2D eigenvalue weighted by Crippen LogP contribution is -2.51. The van der Waals surface area contributed by atoms with E-state index in [1.165, 1.54) is 57.3 Å². The summed E-state index contributed by atoms with van der Waals surface area (Å²) >= 11 is 0. The summed E-state index contributed by atoms with van der Waals surface area (Å²) in [5.41, 5.74) is 1.30. The number of rotatable bonds is 3. The van der Waals surface area contributed by atoms with Crippen LogP contribution in [0.15, 0.2) is 24.3 Å². The van der Waals surface area contributed by atoms with Gasteiger partial charge in [0.25, 0.3) is 5.91 Å². The molecule has 0 saturated carbocycles. The molecule has 1 aromatic carbocycles. The van der Waals surface area contributed by atoms with Crippen LogP contribution in [0.4, 0.5) is 4.39 Å². The number of nitrogens with one attached hydrogen (secondary N) is 2. The van der Waals surface area contributed by atoms with Gasteiger partial charge in [-0.15, -0.1) is 0 Å². The lowest BCUT2D eigenvalue weighted by Gasteiger charge is -2.44. The maximum absolute atomic E-state index is 13.3. The van der Waals surface area contributed by atoms with Crippen molar-refractivity contribution in [2.24, 2.45) is 5.92 Å². The van der Waals surface area contributed by atoms with E-state index >= 15 is 0 Å². The van der Waals surface area contributed by atoms with Gasteiger partial charge in [-0.3, -0.25) is 4.79 Å². The zero-order valence-corrected chi connectivity index (χ0v) is 13.9. The molecule has 2 aliphatic heterocycles. The maximum Gasteiger partial charge on any atom is 0.267 e. The lowest BCUT2D eigenvalue weighted by atomic mass is 9.83. The Balaban J connectivity index is 1.41. The normalized spacial score (nSPS) is 24.7. The molecule has 3 heterocycles. The maximum atomic E-state index is 13.3. The minimum absolute atomic E-state index is 0.0976. The third kappa shape index (κ3) is 3.05. The number of aromatic nitrogens is 1. The van der Waals surface area contributed by atoms with Gasteiger partial charge in [0.05, 0.1) is 0 Å². The second-order valence-corrected chi connectivity index (χ2v) is 7.13. The topological polar surface area (TPSA) is 48.1 Å². The Labute approximate surface area is 141 Å². The van der Waals surface area contributed by atoms with Crippen molar-refractivity contribution in [3.05, 3.63) is 35.8 Å². The van der Waals surface area contributed by atoms with E-state index in [1.807, 2.05) is 0 Å². The Bertz CT molecular complexity index is 739. The van der Waals surface area contributed by atoms with E-state index in [2.05, 4.69) is 15.2 Å². The zero-order chi connectivity index (χ0) is 16.5. The summed E-state index contributed by atoms with van der Waals surface area (Å²) in [6, 6.07) is 6.87. The molecule has 0 spiro atoms. The number of aromatic amines is 1. The number of nitrogens with zero attached hydrogens (tertiary/aromatic N) is 1. The number of carbonyl (C=O) groups is 1. The van der Waals surface area contributed by atoms with E-state index in [1.54, 1.807) is 12.1 Å². The number of benzene rings is 1. The number of hydrogen-bond acceptors (Lipinski definition) is 2. The van der Waals surface area contributed by atoms with Crippen molar-refractivity contribution in [1.82, 2.24) is 15.2 Å². The van der Waals surface area contributed by atoms with Crippen molar-refractivity contribution in [2.45, 2.75) is 38.1 Å². The van der Waals surface area contributed by atoms with Crippen LogP contribution in [0.1, 0.15) is 42.6 Å². The van der Waals surface area contributed by atoms with Crippen molar-refractivity contribution >= 4 is 16.8 Å². The third-order valence-corrected chi connectivity index (χ3v) is 5.58. The van der Waals surface area contributed by atoms with Gasteiger partial charge in [0.2, 0.25) is 0 Å². The van der Waals surface area contributed by atoms with Gasteiger partial charge in [-0.2, -0.15) is 0 Å². The Morgan fingerprint density at radius 2 is 2.08 bits per heavy atom. The fourth-order valence-corrected chi connectivity index (χ4v) is 4.36. The van der Waals surface area contributed by atoms with E-state index in [9.17, 15) is 9.18 Å². The van der Waals surface area contributed by atoms with Gasteiger partial charge >= 0.3 is 0 Å². The van der Waals surface area contributed by atoms with Gasteiger partial charge < -0.3 is 15.2 Å². The molecule has 24 heavy (non-hydrogen) atoms. The van der Waals surface area contributed by atoms with Crippen molar-refractivity contribution < 1.29 is 9.18 Å². The number of carbonyl (C=O) groups excluding carboxylic acids is 1. The van der Waals surface area contributed by atoms with E-state index in [0.717, 1.165) is 17.4 Å². The minimum Gasteiger partial charge on any atom is -0.351 e. The van der Waals surface area contributed by atoms with Gasteiger partial charge in [-0.05, 0) is 69.0 Å². The number of amides is 1. The minimum atomic E-state index is -0.284. The first-order valence-electron chi connectivity index (χ1n) is 9.01. The molecule has 4 rings (SSSR count). The number of hydrogen-bond donors (Lipinski definition) is 2. The lowest BCUT2D eigenvalue weighted by molar-refractivity contribution is 0.0575. The van der Waals surface area contributed by atoms with Crippen molar-refractivity contribution in [2.75, 3.05) is 19.6 Å². The van der Waals surface area contributed by atoms with Crippen LogP contribution in [-0.4, -0.2) is 41.5 Å². The molecular weight excluding hydrogens is 305 g/mol. The Kier molecular flexibility index (Phi) is 4.27. The van der Waals surface area contributed by atoms with E-state index in [0.29, 0.717) is 17.7 Å². The summed E-state index contributed by atoms with van der Waals surface area (Å²) in [6.45, 7) is 3.15. The first-order chi connectivity index (χ1) is 11.7. The number of piperidine rings is 2. The number of H-pyrrole nitrogens is 1. The van der Waals surface area contributed by atoms with Crippen LogP contribution >= 0.6 is 0 Å². The zero-order valence-electron chi connectivity index (χ0n) is 13.9. The molecule has 0 radical (unpaired) electrons. The van der Waals surface area contributed by atoms with Crippen LogP contribution in [-0.2, 0) is 0 Å². The predicted octanol–water partition coefficient (Wildman–Crippen LogP) is 3.30. The van der Waals surface area contributed by atoms with Gasteiger partial charge in [0.1, 0.15) is 11.5 Å².